The molecule has 1 aromatic heterocycles. The smallest absolute Gasteiger partial charge is 0.329 e. The van der Waals surface area contributed by atoms with Gasteiger partial charge in [-0.15, -0.1) is 0 Å². The Labute approximate surface area is 175 Å². The number of nitrogens with zero attached hydrogens (tertiary/aromatic N) is 2. The molecule has 29 heavy (non-hydrogen) atoms. The van der Waals surface area contributed by atoms with Crippen LogP contribution in [0.4, 0.5) is 11.4 Å². The molecular weight excluding hydrogens is 412 g/mol. The lowest BCUT2D eigenvalue weighted by Crippen LogP contribution is -2.38. The number of aromatic nitrogens is 2. The van der Waals surface area contributed by atoms with Gasteiger partial charge in [0.05, 0.1) is 21.6 Å². The summed E-state index contributed by atoms with van der Waals surface area (Å²) in [6.07, 6.45) is 0. The van der Waals surface area contributed by atoms with Crippen LogP contribution in [0.15, 0.2) is 52.1 Å². The zero-order chi connectivity index (χ0) is 20.4. The number of H-pyrrole nitrogens is 1. The Bertz CT molecular complexity index is 1180. The van der Waals surface area contributed by atoms with Gasteiger partial charge in [0.1, 0.15) is 6.54 Å². The van der Waals surface area contributed by atoms with Crippen LogP contribution in [0.25, 0.3) is 10.9 Å². The Balaban J connectivity index is 1.52. The van der Waals surface area contributed by atoms with Gasteiger partial charge in [-0.3, -0.25) is 14.2 Å². The maximum Gasteiger partial charge on any atom is 0.329 e. The van der Waals surface area contributed by atoms with Crippen LogP contribution in [0, 0.1) is 0 Å². The molecular formula is C20H19ClN4O3S. The Morgan fingerprint density at radius 3 is 2.66 bits per heavy atom. The average Bonchev–Trinajstić information content (AvgIpc) is 2.72. The van der Waals surface area contributed by atoms with E-state index in [0.717, 1.165) is 34.8 Å². The summed E-state index contributed by atoms with van der Waals surface area (Å²) in [7, 11) is 0. The number of carbonyl (C=O) groups is 1. The summed E-state index contributed by atoms with van der Waals surface area (Å²) >= 11 is 8.33. The van der Waals surface area contributed by atoms with Crippen molar-refractivity contribution >= 4 is 51.5 Å². The van der Waals surface area contributed by atoms with Crippen molar-refractivity contribution < 1.29 is 4.79 Å². The van der Waals surface area contributed by atoms with E-state index in [4.69, 9.17) is 11.6 Å². The second kappa shape index (κ2) is 8.34. The van der Waals surface area contributed by atoms with Gasteiger partial charge in [-0.2, -0.15) is 11.8 Å². The minimum atomic E-state index is -0.625. The number of halogens is 1. The summed E-state index contributed by atoms with van der Waals surface area (Å²) in [5.74, 6) is 1.64. The molecule has 1 fully saturated rings. The third kappa shape index (κ3) is 4.18. The van der Waals surface area contributed by atoms with Gasteiger partial charge >= 0.3 is 5.69 Å². The number of anilines is 2. The van der Waals surface area contributed by atoms with Crippen LogP contribution >= 0.6 is 23.4 Å². The lowest BCUT2D eigenvalue weighted by atomic mass is 10.2. The monoisotopic (exact) mass is 430 g/mol. The van der Waals surface area contributed by atoms with E-state index in [1.165, 1.54) is 0 Å². The number of fused-ring (bicyclic) bond motifs is 1. The number of amides is 1. The first-order valence-electron chi connectivity index (χ1n) is 9.17. The van der Waals surface area contributed by atoms with Gasteiger partial charge in [0.2, 0.25) is 5.91 Å². The second-order valence-corrected chi connectivity index (χ2v) is 8.31. The number of carbonyl (C=O) groups excluding carboxylic acids is 1. The van der Waals surface area contributed by atoms with Crippen LogP contribution in [0.5, 0.6) is 0 Å². The molecule has 2 aromatic carbocycles. The second-order valence-electron chi connectivity index (χ2n) is 6.68. The molecule has 0 aliphatic carbocycles. The fraction of sp³-hybridized carbons (Fsp3) is 0.250. The van der Waals surface area contributed by atoms with Gasteiger partial charge in [0.25, 0.3) is 5.56 Å². The average molecular weight is 431 g/mol. The predicted octanol–water partition coefficient (Wildman–Crippen LogP) is 2.54. The summed E-state index contributed by atoms with van der Waals surface area (Å²) in [5.41, 5.74) is 0.765. The highest BCUT2D eigenvalue weighted by atomic mass is 35.5. The van der Waals surface area contributed by atoms with E-state index >= 15 is 0 Å². The minimum absolute atomic E-state index is 0.354. The van der Waals surface area contributed by atoms with E-state index < -0.39 is 17.2 Å². The van der Waals surface area contributed by atoms with Crippen LogP contribution in [0.3, 0.4) is 0 Å². The standard InChI is InChI=1S/C20H19ClN4O3S/c21-15-11-13(5-6-17(15)24-7-9-29-10-8-24)22-18(26)12-25-19(27)14-3-1-2-4-16(14)23-20(25)28/h1-6,11H,7-10,12H2,(H,22,26)(H,23,28). The van der Waals surface area contributed by atoms with E-state index in [1.807, 2.05) is 17.8 Å². The van der Waals surface area contributed by atoms with E-state index in [1.54, 1.807) is 36.4 Å². The summed E-state index contributed by atoms with van der Waals surface area (Å²) in [6.45, 7) is 1.48. The molecule has 1 saturated heterocycles. The van der Waals surface area contributed by atoms with Gasteiger partial charge in [-0.1, -0.05) is 23.7 Å². The van der Waals surface area contributed by atoms with Gasteiger partial charge < -0.3 is 15.2 Å². The van der Waals surface area contributed by atoms with E-state index in [0.29, 0.717) is 21.6 Å². The molecule has 2 N–H and O–H groups in total. The van der Waals surface area contributed by atoms with Crippen molar-refractivity contribution in [1.29, 1.82) is 0 Å². The molecule has 0 saturated carbocycles. The van der Waals surface area contributed by atoms with Crippen LogP contribution in [0.1, 0.15) is 0 Å². The van der Waals surface area contributed by atoms with E-state index in [-0.39, 0.29) is 6.54 Å². The topological polar surface area (TPSA) is 87.2 Å². The summed E-state index contributed by atoms with van der Waals surface area (Å²) in [4.78, 5) is 42.0. The number of nitrogens with one attached hydrogen (secondary N) is 2. The van der Waals surface area contributed by atoms with Crippen LogP contribution in [-0.2, 0) is 11.3 Å². The highest BCUT2D eigenvalue weighted by Crippen LogP contribution is 2.30. The first-order chi connectivity index (χ1) is 14.0. The summed E-state index contributed by atoms with van der Waals surface area (Å²) in [6, 6.07) is 12.0. The maximum atomic E-state index is 12.5. The molecule has 1 amide bonds. The lowest BCUT2D eigenvalue weighted by molar-refractivity contribution is -0.116. The molecule has 1 aliphatic heterocycles. The Hall–Kier alpha value is -2.71. The molecule has 9 heteroatoms. The number of hydrogen-bond acceptors (Lipinski definition) is 5. The predicted molar refractivity (Wildman–Crippen MR) is 118 cm³/mol. The van der Waals surface area contributed by atoms with Crippen LogP contribution in [0.2, 0.25) is 5.02 Å². The number of hydrogen-bond donors (Lipinski definition) is 2. The number of benzene rings is 2. The van der Waals surface area contributed by atoms with Crippen LogP contribution in [-0.4, -0.2) is 40.1 Å². The van der Waals surface area contributed by atoms with Gasteiger partial charge in [-0.05, 0) is 30.3 Å². The van der Waals surface area contributed by atoms with Crippen molar-refractivity contribution in [1.82, 2.24) is 9.55 Å². The van der Waals surface area contributed by atoms with Crippen molar-refractivity contribution in [3.8, 4) is 0 Å². The maximum absolute atomic E-state index is 12.5. The fourth-order valence-electron chi connectivity index (χ4n) is 3.33. The summed E-state index contributed by atoms with van der Waals surface area (Å²) < 4.78 is 0.888. The Kier molecular flexibility index (Phi) is 5.64. The third-order valence-electron chi connectivity index (χ3n) is 4.77. The molecule has 3 aromatic rings. The molecule has 0 radical (unpaired) electrons. The largest absolute Gasteiger partial charge is 0.369 e. The fourth-order valence-corrected chi connectivity index (χ4v) is 4.54. The molecule has 0 bridgehead atoms. The number of rotatable bonds is 4. The van der Waals surface area contributed by atoms with Crippen LogP contribution < -0.4 is 21.5 Å². The molecule has 150 valence electrons. The SMILES string of the molecule is O=C(Cn1c(=O)[nH]c2ccccc2c1=O)Nc1ccc(N2CCSCC2)c(Cl)c1. The zero-order valence-electron chi connectivity index (χ0n) is 15.5. The molecule has 0 atom stereocenters. The molecule has 0 spiro atoms. The normalized spacial score (nSPS) is 14.2. The Morgan fingerprint density at radius 2 is 1.90 bits per heavy atom. The highest BCUT2D eigenvalue weighted by molar-refractivity contribution is 7.99. The van der Waals surface area contributed by atoms with Gasteiger partial charge in [0, 0.05) is 30.3 Å². The van der Waals surface area contributed by atoms with Crippen molar-refractivity contribution in [3.05, 3.63) is 68.3 Å². The van der Waals surface area contributed by atoms with Gasteiger partial charge in [0.15, 0.2) is 0 Å². The third-order valence-corrected chi connectivity index (χ3v) is 6.02. The zero-order valence-corrected chi connectivity index (χ0v) is 17.1. The first kappa shape index (κ1) is 19.6. The number of aromatic amines is 1. The summed E-state index contributed by atoms with van der Waals surface area (Å²) in [5, 5.41) is 3.61. The molecule has 4 rings (SSSR count). The Morgan fingerprint density at radius 1 is 1.14 bits per heavy atom. The van der Waals surface area contributed by atoms with E-state index in [2.05, 4.69) is 15.2 Å². The molecule has 7 nitrogen and oxygen atoms in total. The van der Waals surface area contributed by atoms with Crippen molar-refractivity contribution in [2.24, 2.45) is 0 Å². The van der Waals surface area contributed by atoms with Gasteiger partial charge in [-0.25, -0.2) is 4.79 Å². The quantitative estimate of drug-likeness (QED) is 0.664. The van der Waals surface area contributed by atoms with E-state index in [9.17, 15) is 14.4 Å². The molecule has 1 aliphatic rings. The van der Waals surface area contributed by atoms with Crippen molar-refractivity contribution in [2.45, 2.75) is 6.54 Å². The van der Waals surface area contributed by atoms with Crippen molar-refractivity contribution in [3.63, 3.8) is 0 Å². The highest BCUT2D eigenvalue weighted by Gasteiger charge is 2.16. The first-order valence-corrected chi connectivity index (χ1v) is 10.7. The van der Waals surface area contributed by atoms with Crippen molar-refractivity contribution in [2.75, 3.05) is 34.8 Å². The number of thioether (sulfide) groups is 1. The molecule has 2 heterocycles. The molecule has 0 unspecified atom stereocenters. The number of para-hydroxylation sites is 1. The minimum Gasteiger partial charge on any atom is -0.369 e. The lowest BCUT2D eigenvalue weighted by Gasteiger charge is -2.29.